The second-order valence-electron chi connectivity index (χ2n) is 8.88. The normalized spacial score (nSPS) is 25.3. The van der Waals surface area contributed by atoms with E-state index in [4.69, 9.17) is 14.7 Å². The molecule has 2 fully saturated rings. The number of anilines is 2. The first-order valence-corrected chi connectivity index (χ1v) is 11.1. The van der Waals surface area contributed by atoms with Gasteiger partial charge in [0.25, 0.3) is 0 Å². The number of hydrogen-bond donors (Lipinski definition) is 0. The highest BCUT2D eigenvalue weighted by Crippen LogP contribution is 2.33. The van der Waals surface area contributed by atoms with E-state index in [1.54, 1.807) is 0 Å². The van der Waals surface area contributed by atoms with Gasteiger partial charge < -0.3 is 19.4 Å². The lowest BCUT2D eigenvalue weighted by Gasteiger charge is -2.37. The van der Waals surface area contributed by atoms with Gasteiger partial charge in [-0.05, 0) is 58.3 Å². The number of hydrogen-bond acceptors (Lipinski definition) is 6. The molecule has 0 aliphatic carbocycles. The van der Waals surface area contributed by atoms with Gasteiger partial charge in [0, 0.05) is 32.7 Å². The van der Waals surface area contributed by atoms with Gasteiger partial charge >= 0.3 is 0 Å². The summed E-state index contributed by atoms with van der Waals surface area (Å²) in [5, 5.41) is 0. The molecule has 3 heterocycles. The quantitative estimate of drug-likeness (QED) is 0.744. The van der Waals surface area contributed by atoms with Crippen molar-refractivity contribution in [1.82, 2.24) is 14.9 Å². The van der Waals surface area contributed by atoms with Crippen LogP contribution in [0, 0.1) is 5.92 Å². The van der Waals surface area contributed by atoms with Crippen LogP contribution >= 0.6 is 0 Å². The maximum atomic E-state index is 5.97. The zero-order valence-electron chi connectivity index (χ0n) is 18.3. The third-order valence-corrected chi connectivity index (χ3v) is 6.01. The van der Waals surface area contributed by atoms with E-state index in [0.717, 1.165) is 55.4 Å². The number of aromatic nitrogens is 2. The molecule has 0 N–H and O–H groups in total. The lowest BCUT2D eigenvalue weighted by molar-refractivity contribution is -0.00542. The number of nitrogens with zero attached hydrogens (tertiary/aromatic N) is 5. The van der Waals surface area contributed by atoms with Crippen molar-refractivity contribution >= 4 is 22.7 Å². The lowest BCUT2D eigenvalue weighted by Crippen LogP contribution is -2.46. The van der Waals surface area contributed by atoms with Crippen LogP contribution in [0.1, 0.15) is 33.6 Å². The summed E-state index contributed by atoms with van der Waals surface area (Å²) in [4.78, 5) is 17.5. The van der Waals surface area contributed by atoms with E-state index in [2.05, 4.69) is 54.7 Å². The minimum absolute atomic E-state index is 0.203. The Balaban J connectivity index is 1.62. The van der Waals surface area contributed by atoms with Crippen molar-refractivity contribution in [3.8, 4) is 0 Å². The van der Waals surface area contributed by atoms with Gasteiger partial charge in [0.1, 0.15) is 0 Å². The molecular weight excluding hydrogens is 362 g/mol. The summed E-state index contributed by atoms with van der Waals surface area (Å²) in [6.07, 6.45) is 2.83. The number of benzene rings is 1. The molecule has 6 heteroatoms. The van der Waals surface area contributed by atoms with Crippen molar-refractivity contribution in [3.05, 3.63) is 24.3 Å². The maximum absolute atomic E-state index is 5.97. The van der Waals surface area contributed by atoms with Crippen LogP contribution in [0.4, 0.5) is 11.6 Å². The topological polar surface area (TPSA) is 44.7 Å². The molecule has 4 rings (SSSR count). The predicted octanol–water partition coefficient (Wildman–Crippen LogP) is 3.41. The summed E-state index contributed by atoms with van der Waals surface area (Å²) in [7, 11) is 2.24. The largest absolute Gasteiger partial charge is 0.372 e. The van der Waals surface area contributed by atoms with Gasteiger partial charge in [-0.3, -0.25) is 0 Å². The highest BCUT2D eigenvalue weighted by molar-refractivity contribution is 5.81. The molecule has 2 saturated heterocycles. The summed E-state index contributed by atoms with van der Waals surface area (Å²) >= 11 is 0. The van der Waals surface area contributed by atoms with Crippen molar-refractivity contribution in [2.75, 3.05) is 56.1 Å². The van der Waals surface area contributed by atoms with Gasteiger partial charge in [-0.1, -0.05) is 19.1 Å². The van der Waals surface area contributed by atoms with Gasteiger partial charge in [-0.25, -0.2) is 9.97 Å². The van der Waals surface area contributed by atoms with Gasteiger partial charge in [-0.15, -0.1) is 0 Å². The molecule has 2 aliphatic rings. The molecule has 1 aromatic carbocycles. The van der Waals surface area contributed by atoms with E-state index >= 15 is 0 Å². The fourth-order valence-corrected chi connectivity index (χ4v) is 4.84. The van der Waals surface area contributed by atoms with Gasteiger partial charge in [-0.2, -0.15) is 0 Å². The summed E-state index contributed by atoms with van der Waals surface area (Å²) in [5.41, 5.74) is 1.95. The van der Waals surface area contributed by atoms with Crippen molar-refractivity contribution in [3.63, 3.8) is 0 Å². The average molecular weight is 398 g/mol. The predicted molar refractivity (Wildman–Crippen MR) is 120 cm³/mol. The molecule has 0 bridgehead atoms. The van der Waals surface area contributed by atoms with Crippen LogP contribution in [0.25, 0.3) is 11.0 Å². The molecular formula is C23H35N5O. The van der Waals surface area contributed by atoms with Crippen LogP contribution < -0.4 is 9.80 Å². The minimum atomic E-state index is 0.203. The molecule has 29 heavy (non-hydrogen) atoms. The Bertz CT molecular complexity index is 818. The lowest BCUT2D eigenvalue weighted by atomic mass is 10.1. The van der Waals surface area contributed by atoms with Crippen molar-refractivity contribution in [1.29, 1.82) is 0 Å². The number of fused-ring (bicyclic) bond motifs is 1. The summed E-state index contributed by atoms with van der Waals surface area (Å²) < 4.78 is 5.97. The van der Waals surface area contributed by atoms with E-state index in [-0.39, 0.29) is 12.2 Å². The zero-order valence-corrected chi connectivity index (χ0v) is 18.3. The zero-order chi connectivity index (χ0) is 20.4. The van der Waals surface area contributed by atoms with E-state index in [1.165, 1.54) is 19.4 Å². The van der Waals surface area contributed by atoms with E-state index < -0.39 is 0 Å². The number of rotatable bonds is 6. The summed E-state index contributed by atoms with van der Waals surface area (Å²) in [6.45, 7) is 12.7. The van der Waals surface area contributed by atoms with Gasteiger partial charge in [0.15, 0.2) is 11.6 Å². The molecule has 6 nitrogen and oxygen atoms in total. The molecule has 0 saturated carbocycles. The Morgan fingerprint density at radius 1 is 1.00 bits per heavy atom. The molecule has 158 valence electrons. The highest BCUT2D eigenvalue weighted by atomic mass is 16.5. The van der Waals surface area contributed by atoms with Crippen molar-refractivity contribution in [2.45, 2.75) is 45.8 Å². The molecule has 0 radical (unpaired) electrons. The van der Waals surface area contributed by atoms with Crippen LogP contribution in [-0.2, 0) is 4.74 Å². The summed E-state index contributed by atoms with van der Waals surface area (Å²) in [6, 6.07) is 8.23. The molecule has 3 atom stereocenters. The monoisotopic (exact) mass is 397 g/mol. The Hall–Kier alpha value is -1.92. The molecule has 0 spiro atoms. The fourth-order valence-electron chi connectivity index (χ4n) is 4.84. The first kappa shape index (κ1) is 20.4. The van der Waals surface area contributed by atoms with E-state index in [0.29, 0.717) is 5.92 Å². The molecule has 2 aliphatic heterocycles. The highest BCUT2D eigenvalue weighted by Gasteiger charge is 2.31. The van der Waals surface area contributed by atoms with Crippen LogP contribution in [0.3, 0.4) is 0 Å². The molecule has 3 unspecified atom stereocenters. The number of ether oxygens (including phenoxy) is 1. The Kier molecular flexibility index (Phi) is 6.20. The first-order chi connectivity index (χ1) is 14.0. The Morgan fingerprint density at radius 3 is 2.24 bits per heavy atom. The van der Waals surface area contributed by atoms with Crippen LogP contribution in [0.5, 0.6) is 0 Å². The third-order valence-electron chi connectivity index (χ3n) is 6.01. The average Bonchev–Trinajstić information content (AvgIpc) is 3.14. The van der Waals surface area contributed by atoms with Crippen LogP contribution in [0.2, 0.25) is 0 Å². The summed E-state index contributed by atoms with van der Waals surface area (Å²) in [5.74, 6) is 2.76. The molecule has 2 aromatic rings. The Morgan fingerprint density at radius 2 is 1.62 bits per heavy atom. The SMILES string of the molecule is CCCN(C)CC1CCN(c2nc3ccccc3nc2N2CC(C)OC(C)C2)C1. The minimum Gasteiger partial charge on any atom is -0.372 e. The van der Waals surface area contributed by atoms with E-state index in [1.807, 2.05) is 12.1 Å². The van der Waals surface area contributed by atoms with Crippen molar-refractivity contribution in [2.24, 2.45) is 5.92 Å². The number of morpholine rings is 1. The van der Waals surface area contributed by atoms with E-state index in [9.17, 15) is 0 Å². The number of para-hydroxylation sites is 2. The molecule has 0 amide bonds. The van der Waals surface area contributed by atoms with Crippen LogP contribution in [0.15, 0.2) is 24.3 Å². The molecule has 1 aromatic heterocycles. The second-order valence-corrected chi connectivity index (χ2v) is 8.88. The Labute approximate surface area is 174 Å². The fraction of sp³-hybridized carbons (Fsp3) is 0.652. The van der Waals surface area contributed by atoms with Crippen LogP contribution in [-0.4, -0.2) is 73.4 Å². The van der Waals surface area contributed by atoms with Gasteiger partial charge in [0.05, 0.1) is 23.2 Å². The van der Waals surface area contributed by atoms with Gasteiger partial charge in [0.2, 0.25) is 0 Å². The maximum Gasteiger partial charge on any atom is 0.172 e. The van der Waals surface area contributed by atoms with Crippen molar-refractivity contribution < 1.29 is 4.74 Å². The second kappa shape index (κ2) is 8.84. The first-order valence-electron chi connectivity index (χ1n) is 11.1. The standard InChI is InChI=1S/C23H35N5O/c1-5-11-26(4)15-19-10-12-27(16-19)22-23(28-13-17(2)29-18(3)14-28)25-21-9-7-6-8-20(21)24-22/h6-9,17-19H,5,10-16H2,1-4H3. The third kappa shape index (κ3) is 4.64. The smallest absolute Gasteiger partial charge is 0.172 e.